The van der Waals surface area contributed by atoms with Crippen molar-refractivity contribution in [2.75, 3.05) is 40.4 Å². The zero-order valence-corrected chi connectivity index (χ0v) is 11.7. The molecule has 1 fully saturated rings. The molecule has 0 aromatic carbocycles. The van der Waals surface area contributed by atoms with E-state index in [0.717, 1.165) is 39.0 Å². The van der Waals surface area contributed by atoms with Gasteiger partial charge in [-0.2, -0.15) is 0 Å². The Morgan fingerprint density at radius 1 is 1.12 bits per heavy atom. The molecule has 0 aromatic rings. The summed E-state index contributed by atoms with van der Waals surface area (Å²) in [5, 5.41) is 0. The third-order valence-corrected chi connectivity index (χ3v) is 4.39. The lowest BCUT2D eigenvalue weighted by molar-refractivity contribution is -0.00461. The number of nitrogens with two attached hydrogens (primary N) is 1. The van der Waals surface area contributed by atoms with Gasteiger partial charge in [0.2, 0.25) is 0 Å². The molecule has 1 aliphatic heterocycles. The quantitative estimate of drug-likeness (QED) is 0.728. The van der Waals surface area contributed by atoms with E-state index in [1.165, 1.54) is 0 Å². The van der Waals surface area contributed by atoms with E-state index in [0.29, 0.717) is 0 Å². The van der Waals surface area contributed by atoms with Crippen molar-refractivity contribution >= 4 is 0 Å². The average molecular weight is 244 g/mol. The van der Waals surface area contributed by atoms with E-state index in [4.69, 9.17) is 15.2 Å². The van der Waals surface area contributed by atoms with E-state index in [9.17, 15) is 0 Å². The number of ether oxygens (including phenoxy) is 2. The summed E-state index contributed by atoms with van der Waals surface area (Å²) >= 11 is 0. The zero-order valence-electron chi connectivity index (χ0n) is 11.7. The van der Waals surface area contributed by atoms with Crippen LogP contribution in [0, 0.1) is 5.41 Å². The van der Waals surface area contributed by atoms with E-state index < -0.39 is 0 Å². The van der Waals surface area contributed by atoms with E-state index in [1.54, 1.807) is 14.2 Å². The minimum absolute atomic E-state index is 0.198. The zero-order chi connectivity index (χ0) is 12.9. The normalized spacial score (nSPS) is 26.6. The van der Waals surface area contributed by atoms with Crippen LogP contribution in [0.4, 0.5) is 0 Å². The van der Waals surface area contributed by atoms with Crippen LogP contribution in [-0.4, -0.2) is 57.5 Å². The second-order valence-electron chi connectivity index (χ2n) is 5.15. The van der Waals surface area contributed by atoms with Crippen LogP contribution in [0.2, 0.25) is 0 Å². The molecule has 0 amide bonds. The van der Waals surface area contributed by atoms with Crippen LogP contribution in [0.25, 0.3) is 0 Å². The summed E-state index contributed by atoms with van der Waals surface area (Å²) in [5.41, 5.74) is 6.20. The van der Waals surface area contributed by atoms with Crippen LogP contribution in [0.5, 0.6) is 0 Å². The standard InChI is InChI=1S/C13H28N2O2/c1-5-13(6-2,9-14)10-15-7-11(16-3)12(8-15)17-4/h11-12H,5-10,14H2,1-4H3. The maximum absolute atomic E-state index is 5.95. The van der Waals surface area contributed by atoms with Crippen molar-refractivity contribution in [2.45, 2.75) is 38.9 Å². The third kappa shape index (κ3) is 3.41. The van der Waals surface area contributed by atoms with Gasteiger partial charge in [0.15, 0.2) is 0 Å². The van der Waals surface area contributed by atoms with Crippen LogP contribution >= 0.6 is 0 Å². The first-order chi connectivity index (χ1) is 8.14. The maximum Gasteiger partial charge on any atom is 0.0971 e. The van der Waals surface area contributed by atoms with Gasteiger partial charge in [0.25, 0.3) is 0 Å². The Morgan fingerprint density at radius 3 is 1.88 bits per heavy atom. The first-order valence-corrected chi connectivity index (χ1v) is 6.62. The molecular formula is C13H28N2O2. The van der Waals surface area contributed by atoms with Crippen LogP contribution in [-0.2, 0) is 9.47 Å². The molecule has 2 N–H and O–H groups in total. The Bertz CT molecular complexity index is 199. The lowest BCUT2D eigenvalue weighted by Gasteiger charge is -2.34. The summed E-state index contributed by atoms with van der Waals surface area (Å²) in [6.07, 6.45) is 2.66. The summed E-state index contributed by atoms with van der Waals surface area (Å²) < 4.78 is 10.9. The second-order valence-corrected chi connectivity index (χ2v) is 5.15. The van der Waals surface area contributed by atoms with Crippen molar-refractivity contribution in [1.29, 1.82) is 0 Å². The fourth-order valence-corrected chi connectivity index (χ4v) is 2.70. The highest BCUT2D eigenvalue weighted by Crippen LogP contribution is 2.28. The minimum atomic E-state index is 0.198. The van der Waals surface area contributed by atoms with Gasteiger partial charge >= 0.3 is 0 Å². The third-order valence-electron chi connectivity index (χ3n) is 4.39. The molecule has 2 atom stereocenters. The average Bonchev–Trinajstić information content (AvgIpc) is 2.78. The SMILES string of the molecule is CCC(CC)(CN)CN1CC(OC)C(OC)C1. The van der Waals surface area contributed by atoms with Crippen molar-refractivity contribution < 1.29 is 9.47 Å². The summed E-state index contributed by atoms with van der Waals surface area (Å²) in [5.74, 6) is 0. The summed E-state index contributed by atoms with van der Waals surface area (Å²) in [6.45, 7) is 8.18. The van der Waals surface area contributed by atoms with Crippen LogP contribution in [0.15, 0.2) is 0 Å². The number of hydrogen-bond donors (Lipinski definition) is 1. The van der Waals surface area contributed by atoms with E-state index >= 15 is 0 Å². The lowest BCUT2D eigenvalue weighted by Crippen LogP contribution is -2.41. The van der Waals surface area contributed by atoms with Crippen molar-refractivity contribution in [1.82, 2.24) is 4.90 Å². The van der Waals surface area contributed by atoms with Gasteiger partial charge in [-0.25, -0.2) is 0 Å². The van der Waals surface area contributed by atoms with Gasteiger partial charge in [-0.15, -0.1) is 0 Å². The van der Waals surface area contributed by atoms with Gasteiger partial charge in [-0.05, 0) is 24.8 Å². The van der Waals surface area contributed by atoms with Gasteiger partial charge in [0.05, 0.1) is 12.2 Å². The monoisotopic (exact) mass is 244 g/mol. The van der Waals surface area contributed by atoms with Crippen molar-refractivity contribution in [3.63, 3.8) is 0 Å². The number of methoxy groups -OCH3 is 2. The van der Waals surface area contributed by atoms with Crippen molar-refractivity contribution in [3.05, 3.63) is 0 Å². The Labute approximate surface area is 105 Å². The molecule has 1 heterocycles. The van der Waals surface area contributed by atoms with Crippen LogP contribution in [0.3, 0.4) is 0 Å². The molecule has 0 aromatic heterocycles. The van der Waals surface area contributed by atoms with Crippen LogP contribution in [0.1, 0.15) is 26.7 Å². The van der Waals surface area contributed by atoms with E-state index in [-0.39, 0.29) is 17.6 Å². The fourth-order valence-electron chi connectivity index (χ4n) is 2.70. The molecule has 0 bridgehead atoms. The van der Waals surface area contributed by atoms with Gasteiger partial charge < -0.3 is 15.2 Å². The molecule has 0 radical (unpaired) electrons. The molecule has 17 heavy (non-hydrogen) atoms. The first kappa shape index (κ1) is 14.9. The predicted molar refractivity (Wildman–Crippen MR) is 70.1 cm³/mol. The molecule has 102 valence electrons. The van der Waals surface area contributed by atoms with Gasteiger partial charge in [0.1, 0.15) is 0 Å². The highest BCUT2D eigenvalue weighted by atomic mass is 16.5. The lowest BCUT2D eigenvalue weighted by atomic mass is 9.82. The molecule has 0 aliphatic carbocycles. The van der Waals surface area contributed by atoms with Crippen LogP contribution < -0.4 is 5.73 Å². The predicted octanol–water partition coefficient (Wildman–Crippen LogP) is 1.10. The largest absolute Gasteiger partial charge is 0.377 e. The minimum Gasteiger partial charge on any atom is -0.377 e. The fraction of sp³-hybridized carbons (Fsp3) is 1.00. The van der Waals surface area contributed by atoms with Crippen molar-refractivity contribution in [3.8, 4) is 0 Å². The number of nitrogens with zero attached hydrogens (tertiary/aromatic N) is 1. The molecule has 4 heteroatoms. The molecule has 4 nitrogen and oxygen atoms in total. The molecule has 1 saturated heterocycles. The molecule has 1 aliphatic rings. The Balaban J connectivity index is 2.58. The Kier molecular flexibility index (Phi) is 5.86. The van der Waals surface area contributed by atoms with Gasteiger partial charge in [-0.1, -0.05) is 13.8 Å². The highest BCUT2D eigenvalue weighted by Gasteiger charge is 2.36. The van der Waals surface area contributed by atoms with Crippen molar-refractivity contribution in [2.24, 2.45) is 11.1 Å². The topological polar surface area (TPSA) is 47.7 Å². The Hall–Kier alpha value is -0.160. The first-order valence-electron chi connectivity index (χ1n) is 6.62. The molecular weight excluding hydrogens is 216 g/mol. The second kappa shape index (κ2) is 6.69. The molecule has 2 unspecified atom stereocenters. The summed E-state index contributed by atoms with van der Waals surface area (Å²) in [7, 11) is 3.52. The number of hydrogen-bond acceptors (Lipinski definition) is 4. The maximum atomic E-state index is 5.95. The number of likely N-dealkylation sites (tertiary alicyclic amines) is 1. The smallest absolute Gasteiger partial charge is 0.0971 e. The summed E-state index contributed by atoms with van der Waals surface area (Å²) in [6, 6.07) is 0. The number of rotatable bonds is 7. The molecule has 0 spiro atoms. The molecule has 0 saturated carbocycles. The summed E-state index contributed by atoms with van der Waals surface area (Å²) in [4.78, 5) is 2.43. The van der Waals surface area contributed by atoms with Gasteiger partial charge in [0, 0.05) is 33.9 Å². The highest BCUT2D eigenvalue weighted by molar-refractivity contribution is 4.90. The van der Waals surface area contributed by atoms with E-state index in [1.807, 2.05) is 0 Å². The van der Waals surface area contributed by atoms with E-state index in [2.05, 4.69) is 18.7 Å². The molecule has 1 rings (SSSR count). The Morgan fingerprint density at radius 2 is 1.59 bits per heavy atom. The van der Waals surface area contributed by atoms with Gasteiger partial charge in [-0.3, -0.25) is 4.90 Å².